The third kappa shape index (κ3) is 2.36. The maximum atomic E-state index is 13.0. The molecule has 2 aromatic rings. The second-order valence-corrected chi connectivity index (χ2v) is 3.83. The first kappa shape index (κ1) is 12.6. The molecule has 5 heteroatoms. The van der Waals surface area contributed by atoms with Crippen molar-refractivity contribution < 1.29 is 17.6 Å². The molecule has 1 unspecified atom stereocenters. The van der Waals surface area contributed by atoms with E-state index in [4.69, 9.17) is 5.73 Å². The van der Waals surface area contributed by atoms with Crippen LogP contribution in [0.15, 0.2) is 36.4 Å². The van der Waals surface area contributed by atoms with Gasteiger partial charge in [-0.3, -0.25) is 0 Å². The molecule has 94 valence electrons. The Hall–Kier alpha value is -1.88. The minimum absolute atomic E-state index is 0.0815. The van der Waals surface area contributed by atoms with E-state index in [1.807, 2.05) is 0 Å². The number of nitrogens with two attached hydrogens (primary N) is 1. The van der Waals surface area contributed by atoms with E-state index in [0.29, 0.717) is 5.56 Å². The average molecular weight is 255 g/mol. The highest BCUT2D eigenvalue weighted by atomic mass is 19.2. The summed E-state index contributed by atoms with van der Waals surface area (Å²) in [7, 11) is 0. The molecule has 0 saturated carbocycles. The summed E-state index contributed by atoms with van der Waals surface area (Å²) in [5, 5.41) is 0. The molecular formula is C13H9F4N. The van der Waals surface area contributed by atoms with Gasteiger partial charge in [0.15, 0.2) is 17.5 Å². The molecule has 0 aromatic heterocycles. The summed E-state index contributed by atoms with van der Waals surface area (Å²) < 4.78 is 51.6. The minimum atomic E-state index is -1.54. The predicted octanol–water partition coefficient (Wildman–Crippen LogP) is 3.29. The minimum Gasteiger partial charge on any atom is -0.320 e. The maximum Gasteiger partial charge on any atom is 0.194 e. The van der Waals surface area contributed by atoms with Gasteiger partial charge in [-0.15, -0.1) is 0 Å². The van der Waals surface area contributed by atoms with Gasteiger partial charge in [0.25, 0.3) is 0 Å². The monoisotopic (exact) mass is 255 g/mol. The molecule has 0 heterocycles. The molecule has 0 aliphatic heterocycles. The van der Waals surface area contributed by atoms with Crippen molar-refractivity contribution >= 4 is 0 Å². The summed E-state index contributed by atoms with van der Waals surface area (Å²) in [5.41, 5.74) is 6.33. The van der Waals surface area contributed by atoms with Crippen molar-refractivity contribution in [3.8, 4) is 0 Å². The highest BCUT2D eigenvalue weighted by Gasteiger charge is 2.16. The summed E-state index contributed by atoms with van der Waals surface area (Å²) in [4.78, 5) is 0. The van der Waals surface area contributed by atoms with E-state index >= 15 is 0 Å². The molecule has 0 aliphatic carbocycles. The second kappa shape index (κ2) is 4.78. The SMILES string of the molecule is NC(c1ccc(F)cc1)c1cc(F)c(F)c(F)c1. The zero-order valence-electron chi connectivity index (χ0n) is 9.13. The molecule has 0 fully saturated rings. The van der Waals surface area contributed by atoms with Crippen LogP contribution in [-0.4, -0.2) is 0 Å². The van der Waals surface area contributed by atoms with E-state index in [9.17, 15) is 17.6 Å². The number of rotatable bonds is 2. The van der Waals surface area contributed by atoms with E-state index in [1.165, 1.54) is 24.3 Å². The van der Waals surface area contributed by atoms with Crippen molar-refractivity contribution in [1.82, 2.24) is 0 Å². The van der Waals surface area contributed by atoms with E-state index < -0.39 is 29.3 Å². The first-order chi connectivity index (χ1) is 8.49. The highest BCUT2D eigenvalue weighted by Crippen LogP contribution is 2.23. The van der Waals surface area contributed by atoms with E-state index in [0.717, 1.165) is 12.1 Å². The number of benzene rings is 2. The van der Waals surface area contributed by atoms with E-state index in [2.05, 4.69) is 0 Å². The first-order valence-corrected chi connectivity index (χ1v) is 5.14. The Balaban J connectivity index is 2.39. The average Bonchev–Trinajstić information content (AvgIpc) is 2.35. The molecule has 2 rings (SSSR count). The largest absolute Gasteiger partial charge is 0.320 e. The van der Waals surface area contributed by atoms with Crippen LogP contribution in [0.25, 0.3) is 0 Å². The zero-order valence-corrected chi connectivity index (χ0v) is 9.13. The molecule has 0 amide bonds. The van der Waals surface area contributed by atoms with Crippen molar-refractivity contribution in [1.29, 1.82) is 0 Å². The fourth-order valence-corrected chi connectivity index (χ4v) is 1.62. The molecule has 2 N–H and O–H groups in total. The third-order valence-electron chi connectivity index (χ3n) is 2.59. The molecule has 0 saturated heterocycles. The predicted molar refractivity (Wildman–Crippen MR) is 58.7 cm³/mol. The Morgan fingerprint density at radius 2 is 1.28 bits per heavy atom. The van der Waals surface area contributed by atoms with Crippen molar-refractivity contribution in [2.45, 2.75) is 6.04 Å². The molecule has 1 nitrogen and oxygen atoms in total. The van der Waals surface area contributed by atoms with Crippen LogP contribution in [-0.2, 0) is 0 Å². The molecular weight excluding hydrogens is 246 g/mol. The van der Waals surface area contributed by atoms with E-state index in [1.54, 1.807) is 0 Å². The standard InChI is InChI=1S/C13H9F4N/c14-9-3-1-7(2-4-9)13(18)8-5-10(15)12(17)11(16)6-8/h1-6,13H,18H2. The number of halogens is 4. The molecule has 2 aromatic carbocycles. The van der Waals surface area contributed by atoms with Gasteiger partial charge in [-0.25, -0.2) is 17.6 Å². The topological polar surface area (TPSA) is 26.0 Å². The van der Waals surface area contributed by atoms with Gasteiger partial charge in [0.2, 0.25) is 0 Å². The zero-order chi connectivity index (χ0) is 13.3. The van der Waals surface area contributed by atoms with Crippen molar-refractivity contribution in [3.05, 3.63) is 70.8 Å². The highest BCUT2D eigenvalue weighted by molar-refractivity contribution is 5.32. The lowest BCUT2D eigenvalue weighted by Crippen LogP contribution is -2.13. The molecule has 0 radical (unpaired) electrons. The Bertz CT molecular complexity index is 543. The van der Waals surface area contributed by atoms with Gasteiger partial charge in [0.05, 0.1) is 6.04 Å². The van der Waals surface area contributed by atoms with Crippen LogP contribution in [0, 0.1) is 23.3 Å². The van der Waals surface area contributed by atoms with Crippen molar-refractivity contribution in [2.75, 3.05) is 0 Å². The number of hydrogen-bond acceptors (Lipinski definition) is 1. The fourth-order valence-electron chi connectivity index (χ4n) is 1.62. The Morgan fingerprint density at radius 3 is 1.78 bits per heavy atom. The summed E-state index contributed by atoms with van der Waals surface area (Å²) in [6, 6.07) is 5.98. The lowest BCUT2D eigenvalue weighted by atomic mass is 9.99. The molecule has 0 aliphatic rings. The van der Waals surface area contributed by atoms with Crippen LogP contribution >= 0.6 is 0 Å². The van der Waals surface area contributed by atoms with Crippen LogP contribution in [0.2, 0.25) is 0 Å². The van der Waals surface area contributed by atoms with Crippen LogP contribution < -0.4 is 5.73 Å². The summed E-state index contributed by atoms with van der Waals surface area (Å²) in [6.45, 7) is 0. The van der Waals surface area contributed by atoms with Gasteiger partial charge in [-0.2, -0.15) is 0 Å². The van der Waals surface area contributed by atoms with Crippen LogP contribution in [0.5, 0.6) is 0 Å². The van der Waals surface area contributed by atoms with Gasteiger partial charge in [-0.05, 0) is 35.4 Å². The smallest absolute Gasteiger partial charge is 0.194 e. The Labute approximate surface area is 101 Å². The van der Waals surface area contributed by atoms with Gasteiger partial charge in [0, 0.05) is 0 Å². The molecule has 18 heavy (non-hydrogen) atoms. The van der Waals surface area contributed by atoms with E-state index in [-0.39, 0.29) is 5.56 Å². The van der Waals surface area contributed by atoms with Gasteiger partial charge in [-0.1, -0.05) is 12.1 Å². The maximum absolute atomic E-state index is 13.0. The lowest BCUT2D eigenvalue weighted by molar-refractivity contribution is 0.444. The van der Waals surface area contributed by atoms with Crippen molar-refractivity contribution in [3.63, 3.8) is 0 Å². The van der Waals surface area contributed by atoms with Crippen LogP contribution in [0.4, 0.5) is 17.6 Å². The quantitative estimate of drug-likeness (QED) is 0.646. The van der Waals surface area contributed by atoms with Gasteiger partial charge < -0.3 is 5.73 Å². The summed E-state index contributed by atoms with van der Waals surface area (Å²) in [5.74, 6) is -4.59. The second-order valence-electron chi connectivity index (χ2n) is 3.83. The normalized spacial score (nSPS) is 12.5. The molecule has 1 atom stereocenters. The van der Waals surface area contributed by atoms with Crippen LogP contribution in [0.1, 0.15) is 17.2 Å². The summed E-state index contributed by atoms with van der Waals surface area (Å²) >= 11 is 0. The van der Waals surface area contributed by atoms with Crippen molar-refractivity contribution in [2.24, 2.45) is 5.73 Å². The van der Waals surface area contributed by atoms with Crippen LogP contribution in [0.3, 0.4) is 0 Å². The Kier molecular flexibility index (Phi) is 3.34. The summed E-state index contributed by atoms with van der Waals surface area (Å²) in [6.07, 6.45) is 0. The fraction of sp³-hybridized carbons (Fsp3) is 0.0769. The number of hydrogen-bond donors (Lipinski definition) is 1. The molecule has 0 spiro atoms. The first-order valence-electron chi connectivity index (χ1n) is 5.14. The van der Waals surface area contributed by atoms with Gasteiger partial charge in [0.1, 0.15) is 5.82 Å². The third-order valence-corrected chi connectivity index (χ3v) is 2.59. The Morgan fingerprint density at radius 1 is 0.778 bits per heavy atom. The van der Waals surface area contributed by atoms with Gasteiger partial charge >= 0.3 is 0 Å². The lowest BCUT2D eigenvalue weighted by Gasteiger charge is -2.13. The molecule has 0 bridgehead atoms.